The SMILES string of the molecule is C1=NCC=C1CCc1csc2c(NC3CC3)ncnc12. The molecule has 1 aliphatic heterocycles. The first kappa shape index (κ1) is 12.0. The van der Waals surface area contributed by atoms with Gasteiger partial charge in [0.1, 0.15) is 12.1 Å². The number of allylic oxidation sites excluding steroid dienone is 1. The van der Waals surface area contributed by atoms with Crippen molar-refractivity contribution in [1.82, 2.24) is 9.97 Å². The van der Waals surface area contributed by atoms with Crippen molar-refractivity contribution >= 4 is 33.6 Å². The summed E-state index contributed by atoms with van der Waals surface area (Å²) < 4.78 is 1.20. The van der Waals surface area contributed by atoms with Crippen LogP contribution in [0.1, 0.15) is 24.8 Å². The Kier molecular flexibility index (Phi) is 2.99. The second-order valence-corrected chi connectivity index (χ2v) is 6.23. The van der Waals surface area contributed by atoms with E-state index in [2.05, 4.69) is 31.7 Å². The summed E-state index contributed by atoms with van der Waals surface area (Å²) in [5.41, 5.74) is 3.78. The van der Waals surface area contributed by atoms with Gasteiger partial charge in [-0.3, -0.25) is 4.99 Å². The molecule has 4 nitrogen and oxygen atoms in total. The van der Waals surface area contributed by atoms with Crippen LogP contribution in [0, 0.1) is 0 Å². The molecule has 0 amide bonds. The van der Waals surface area contributed by atoms with E-state index in [-0.39, 0.29) is 0 Å². The van der Waals surface area contributed by atoms with Crippen molar-refractivity contribution in [3.63, 3.8) is 0 Å². The molecule has 0 unspecified atom stereocenters. The minimum Gasteiger partial charge on any atom is -0.366 e. The van der Waals surface area contributed by atoms with Crippen LogP contribution in [-0.4, -0.2) is 28.8 Å². The molecule has 1 saturated carbocycles. The molecule has 1 N–H and O–H groups in total. The van der Waals surface area contributed by atoms with Crippen molar-refractivity contribution in [3.8, 4) is 0 Å². The average molecular weight is 284 g/mol. The highest BCUT2D eigenvalue weighted by atomic mass is 32.1. The van der Waals surface area contributed by atoms with Crippen LogP contribution in [0.2, 0.25) is 0 Å². The molecule has 2 aliphatic rings. The molecule has 0 atom stereocenters. The van der Waals surface area contributed by atoms with E-state index in [0.29, 0.717) is 6.04 Å². The van der Waals surface area contributed by atoms with Gasteiger partial charge in [-0.2, -0.15) is 0 Å². The van der Waals surface area contributed by atoms with Crippen molar-refractivity contribution in [2.45, 2.75) is 31.7 Å². The number of hydrogen-bond donors (Lipinski definition) is 1. The van der Waals surface area contributed by atoms with Crippen molar-refractivity contribution in [2.75, 3.05) is 11.9 Å². The summed E-state index contributed by atoms with van der Waals surface area (Å²) in [6.45, 7) is 0.845. The summed E-state index contributed by atoms with van der Waals surface area (Å²) in [6.07, 6.45) is 10.5. The maximum Gasteiger partial charge on any atom is 0.147 e. The van der Waals surface area contributed by atoms with E-state index >= 15 is 0 Å². The highest BCUT2D eigenvalue weighted by Gasteiger charge is 2.23. The van der Waals surface area contributed by atoms with Crippen molar-refractivity contribution in [1.29, 1.82) is 0 Å². The van der Waals surface area contributed by atoms with Gasteiger partial charge in [0.2, 0.25) is 0 Å². The van der Waals surface area contributed by atoms with Crippen LogP contribution in [0.25, 0.3) is 10.2 Å². The number of nitrogens with one attached hydrogen (secondary N) is 1. The Morgan fingerprint density at radius 1 is 1.25 bits per heavy atom. The smallest absolute Gasteiger partial charge is 0.147 e. The third-order valence-electron chi connectivity index (χ3n) is 3.74. The van der Waals surface area contributed by atoms with E-state index < -0.39 is 0 Å². The first-order valence-electron chi connectivity index (χ1n) is 7.06. The number of aliphatic imine (C=N–C) groups is 1. The van der Waals surface area contributed by atoms with Crippen LogP contribution in [0.15, 0.2) is 28.3 Å². The summed E-state index contributed by atoms with van der Waals surface area (Å²) in [7, 11) is 0. The zero-order chi connectivity index (χ0) is 13.4. The first-order chi connectivity index (χ1) is 9.90. The van der Waals surface area contributed by atoms with Gasteiger partial charge in [-0.05, 0) is 42.2 Å². The van der Waals surface area contributed by atoms with Gasteiger partial charge in [-0.15, -0.1) is 11.3 Å². The monoisotopic (exact) mass is 284 g/mol. The molecular weight excluding hydrogens is 268 g/mol. The molecule has 0 aromatic carbocycles. The lowest BCUT2D eigenvalue weighted by Gasteiger charge is -2.04. The van der Waals surface area contributed by atoms with Crippen LogP contribution in [0.5, 0.6) is 0 Å². The highest BCUT2D eigenvalue weighted by Crippen LogP contribution is 2.33. The predicted octanol–water partition coefficient (Wildman–Crippen LogP) is 3.21. The van der Waals surface area contributed by atoms with E-state index in [9.17, 15) is 0 Å². The molecule has 2 aromatic rings. The third kappa shape index (κ3) is 2.33. The van der Waals surface area contributed by atoms with E-state index in [0.717, 1.165) is 30.7 Å². The number of thiophene rings is 1. The summed E-state index contributed by atoms with van der Waals surface area (Å²) in [4.78, 5) is 13.1. The Labute approximate surface area is 121 Å². The van der Waals surface area contributed by atoms with Gasteiger partial charge in [0.05, 0.1) is 16.8 Å². The molecule has 5 heteroatoms. The van der Waals surface area contributed by atoms with Crippen molar-refractivity contribution in [3.05, 3.63) is 28.9 Å². The Morgan fingerprint density at radius 3 is 3.00 bits per heavy atom. The molecule has 102 valence electrons. The molecular formula is C15H16N4S. The Morgan fingerprint density at radius 2 is 2.20 bits per heavy atom. The molecule has 2 aromatic heterocycles. The van der Waals surface area contributed by atoms with Crippen LogP contribution >= 0.6 is 11.3 Å². The largest absolute Gasteiger partial charge is 0.366 e. The number of aryl methyl sites for hydroxylation is 1. The fourth-order valence-electron chi connectivity index (χ4n) is 2.44. The Bertz CT molecular complexity index is 697. The first-order valence-corrected chi connectivity index (χ1v) is 7.94. The van der Waals surface area contributed by atoms with Crippen LogP contribution in [0.3, 0.4) is 0 Å². The molecule has 0 radical (unpaired) electrons. The number of hydrogen-bond acceptors (Lipinski definition) is 5. The van der Waals surface area contributed by atoms with Gasteiger partial charge in [-0.1, -0.05) is 6.08 Å². The summed E-state index contributed by atoms with van der Waals surface area (Å²) >= 11 is 1.75. The maximum atomic E-state index is 4.48. The van der Waals surface area contributed by atoms with Gasteiger partial charge in [-0.25, -0.2) is 9.97 Å². The Balaban J connectivity index is 1.58. The van der Waals surface area contributed by atoms with Crippen molar-refractivity contribution in [2.24, 2.45) is 4.99 Å². The van der Waals surface area contributed by atoms with Crippen LogP contribution in [-0.2, 0) is 6.42 Å². The summed E-state index contributed by atoms with van der Waals surface area (Å²) in [5, 5.41) is 5.72. The number of nitrogens with zero attached hydrogens (tertiary/aromatic N) is 3. The summed E-state index contributed by atoms with van der Waals surface area (Å²) in [6, 6.07) is 0.624. The minimum absolute atomic E-state index is 0.624. The van der Waals surface area contributed by atoms with E-state index in [4.69, 9.17) is 0 Å². The van der Waals surface area contributed by atoms with E-state index in [1.54, 1.807) is 17.7 Å². The topological polar surface area (TPSA) is 50.2 Å². The molecule has 4 rings (SSSR count). The van der Waals surface area contributed by atoms with Gasteiger partial charge in [0.25, 0.3) is 0 Å². The van der Waals surface area contributed by atoms with Crippen LogP contribution in [0.4, 0.5) is 5.82 Å². The van der Waals surface area contributed by atoms with Gasteiger partial charge in [0.15, 0.2) is 0 Å². The van der Waals surface area contributed by atoms with E-state index in [1.807, 2.05) is 6.21 Å². The average Bonchev–Trinajstić information content (AvgIpc) is 2.98. The zero-order valence-corrected chi connectivity index (χ0v) is 12.0. The lowest BCUT2D eigenvalue weighted by molar-refractivity contribution is 0.989. The number of rotatable bonds is 5. The summed E-state index contributed by atoms with van der Waals surface area (Å²) in [5.74, 6) is 1.01. The molecule has 1 fully saturated rings. The molecule has 3 heterocycles. The second-order valence-electron chi connectivity index (χ2n) is 5.35. The van der Waals surface area contributed by atoms with Crippen LogP contribution < -0.4 is 5.32 Å². The molecule has 1 aliphatic carbocycles. The van der Waals surface area contributed by atoms with Crippen molar-refractivity contribution < 1.29 is 0 Å². The lowest BCUT2D eigenvalue weighted by Crippen LogP contribution is -2.03. The third-order valence-corrected chi connectivity index (χ3v) is 4.77. The predicted molar refractivity (Wildman–Crippen MR) is 83.8 cm³/mol. The Hall–Kier alpha value is -1.75. The standard InChI is InChI=1S/C15H16N4S/c1(10-5-6-16-7-10)2-11-8-20-14-13(11)17-9-18-15(14)19-12-3-4-12/h5,7-9,12H,1-4,6H2,(H,17,18,19). The maximum absolute atomic E-state index is 4.48. The van der Waals surface area contributed by atoms with E-state index in [1.165, 1.54) is 28.7 Å². The van der Waals surface area contributed by atoms with Gasteiger partial charge < -0.3 is 5.32 Å². The van der Waals surface area contributed by atoms with Gasteiger partial charge >= 0.3 is 0 Å². The van der Waals surface area contributed by atoms with Gasteiger partial charge in [0, 0.05) is 12.3 Å². The molecule has 0 saturated heterocycles. The molecule has 20 heavy (non-hydrogen) atoms. The second kappa shape index (κ2) is 4.98. The normalized spacial score (nSPS) is 17.7. The fourth-order valence-corrected chi connectivity index (χ4v) is 3.45. The molecule has 0 bridgehead atoms. The highest BCUT2D eigenvalue weighted by molar-refractivity contribution is 7.18. The fraction of sp³-hybridized carbons (Fsp3) is 0.400. The quantitative estimate of drug-likeness (QED) is 0.917. The zero-order valence-electron chi connectivity index (χ0n) is 11.2. The minimum atomic E-state index is 0.624. The molecule has 0 spiro atoms. The number of aromatic nitrogens is 2. The lowest BCUT2D eigenvalue weighted by atomic mass is 10.1. The number of anilines is 1. The number of fused-ring (bicyclic) bond motifs is 1.